The number of hydrogen-bond donors (Lipinski definition) is 2. The zero-order chi connectivity index (χ0) is 13.3. The van der Waals surface area contributed by atoms with Gasteiger partial charge in [0.1, 0.15) is 0 Å². The molecular weight excluding hydrogens is 300 g/mol. The van der Waals surface area contributed by atoms with E-state index in [1.54, 1.807) is 7.05 Å². The normalized spacial score (nSPS) is 10.6. The molecule has 0 aliphatic rings. The number of hydrogen-bond acceptors (Lipinski definition) is 2. The highest BCUT2D eigenvalue weighted by Gasteiger charge is 2.16. The van der Waals surface area contributed by atoms with Crippen LogP contribution in [0.1, 0.15) is 5.56 Å². The zero-order valence-electron chi connectivity index (χ0n) is 9.61. The highest BCUT2D eigenvalue weighted by Crippen LogP contribution is 2.22. The fraction of sp³-hybridized carbons (Fsp3) is 0.167. The summed E-state index contributed by atoms with van der Waals surface area (Å²) < 4.78 is 2.21. The topological polar surface area (TPSA) is 75.1 Å². The molecule has 2 N–H and O–H groups in total. The summed E-state index contributed by atoms with van der Waals surface area (Å²) in [5, 5.41) is 11.7. The lowest BCUT2D eigenvalue weighted by atomic mass is 10.1. The lowest BCUT2D eigenvalue weighted by Crippen LogP contribution is -2.17. The first-order chi connectivity index (χ1) is 8.49. The number of carboxylic acid groups (broad SMARTS) is 1. The molecule has 0 bridgehead atoms. The molecule has 0 aliphatic heterocycles. The third kappa shape index (κ3) is 2.38. The Labute approximate surface area is 111 Å². The summed E-state index contributed by atoms with van der Waals surface area (Å²) in [6, 6.07) is 7.32. The van der Waals surface area contributed by atoms with Gasteiger partial charge in [-0.05, 0) is 17.7 Å². The Bertz CT molecular complexity index is 640. The number of aryl methyl sites for hydroxylation is 1. The summed E-state index contributed by atoms with van der Waals surface area (Å²) in [7, 11) is 1.57. The van der Waals surface area contributed by atoms with E-state index in [2.05, 4.69) is 21.0 Å². The van der Waals surface area contributed by atoms with E-state index < -0.39 is 5.97 Å². The van der Waals surface area contributed by atoms with Gasteiger partial charge in [-0.2, -0.15) is 0 Å². The van der Waals surface area contributed by atoms with Crippen LogP contribution in [-0.4, -0.2) is 20.9 Å². The fourth-order valence-corrected chi connectivity index (χ4v) is 2.03. The summed E-state index contributed by atoms with van der Waals surface area (Å²) in [4.78, 5) is 22.6. The molecule has 1 aromatic heterocycles. The second-order valence-electron chi connectivity index (χ2n) is 3.91. The van der Waals surface area contributed by atoms with Crippen LogP contribution in [0.3, 0.4) is 0 Å². The minimum atomic E-state index is -1.02. The first-order valence-electron chi connectivity index (χ1n) is 5.24. The molecule has 1 heterocycles. The molecule has 2 aromatic rings. The zero-order valence-corrected chi connectivity index (χ0v) is 11.2. The SMILES string of the molecule is Cn1[nH]c(-c2ccc(Br)cc2)c(CC(=O)O)c1=O. The van der Waals surface area contributed by atoms with Crippen LogP contribution in [0.5, 0.6) is 0 Å². The summed E-state index contributed by atoms with van der Waals surface area (Å²) in [6.07, 6.45) is -0.290. The van der Waals surface area contributed by atoms with Crippen molar-refractivity contribution in [2.24, 2.45) is 7.05 Å². The van der Waals surface area contributed by atoms with Crippen molar-refractivity contribution in [2.45, 2.75) is 6.42 Å². The van der Waals surface area contributed by atoms with Crippen LogP contribution >= 0.6 is 15.9 Å². The van der Waals surface area contributed by atoms with Crippen LogP contribution in [0.15, 0.2) is 33.5 Å². The lowest BCUT2D eigenvalue weighted by molar-refractivity contribution is -0.136. The van der Waals surface area contributed by atoms with Crippen molar-refractivity contribution in [1.82, 2.24) is 9.78 Å². The second-order valence-corrected chi connectivity index (χ2v) is 4.82. The van der Waals surface area contributed by atoms with Crippen molar-refractivity contribution >= 4 is 21.9 Å². The van der Waals surface area contributed by atoms with Gasteiger partial charge in [0.05, 0.1) is 17.7 Å². The molecule has 18 heavy (non-hydrogen) atoms. The summed E-state index contributed by atoms with van der Waals surface area (Å²) >= 11 is 3.33. The first kappa shape index (κ1) is 12.6. The number of aromatic amines is 1. The number of aliphatic carboxylic acids is 1. The number of nitrogens with zero attached hydrogens (tertiary/aromatic N) is 1. The van der Waals surface area contributed by atoms with Gasteiger partial charge >= 0.3 is 5.97 Å². The van der Waals surface area contributed by atoms with Crippen molar-refractivity contribution in [1.29, 1.82) is 0 Å². The molecule has 0 saturated heterocycles. The average molecular weight is 311 g/mol. The molecule has 0 amide bonds. The molecule has 0 unspecified atom stereocenters. The molecule has 94 valence electrons. The molecular formula is C12H11BrN2O3. The predicted molar refractivity (Wildman–Crippen MR) is 70.5 cm³/mol. The van der Waals surface area contributed by atoms with Crippen molar-refractivity contribution in [3.63, 3.8) is 0 Å². The molecule has 0 spiro atoms. The van der Waals surface area contributed by atoms with E-state index in [1.807, 2.05) is 24.3 Å². The largest absolute Gasteiger partial charge is 0.481 e. The minimum Gasteiger partial charge on any atom is -0.481 e. The van der Waals surface area contributed by atoms with Gasteiger partial charge in [-0.15, -0.1) is 0 Å². The number of H-pyrrole nitrogens is 1. The number of halogens is 1. The molecule has 2 rings (SSSR count). The van der Waals surface area contributed by atoms with E-state index in [0.717, 1.165) is 10.0 Å². The smallest absolute Gasteiger partial charge is 0.308 e. The Hall–Kier alpha value is -1.82. The third-order valence-corrected chi connectivity index (χ3v) is 3.13. The molecule has 0 fully saturated rings. The minimum absolute atomic E-state index is 0.271. The maximum atomic E-state index is 11.8. The van der Waals surface area contributed by atoms with Gasteiger partial charge in [-0.1, -0.05) is 28.1 Å². The summed E-state index contributed by atoms with van der Waals surface area (Å²) in [5.41, 5.74) is 1.30. The third-order valence-electron chi connectivity index (χ3n) is 2.60. The van der Waals surface area contributed by atoms with E-state index in [1.165, 1.54) is 4.68 Å². The molecule has 0 radical (unpaired) electrons. The molecule has 0 aliphatic carbocycles. The Morgan fingerprint density at radius 2 is 2.00 bits per heavy atom. The first-order valence-corrected chi connectivity index (χ1v) is 6.04. The number of aromatic nitrogens is 2. The monoisotopic (exact) mass is 310 g/mol. The van der Waals surface area contributed by atoms with Crippen LogP contribution in [0.25, 0.3) is 11.3 Å². The van der Waals surface area contributed by atoms with Crippen LogP contribution in [0.2, 0.25) is 0 Å². The van der Waals surface area contributed by atoms with Crippen LogP contribution < -0.4 is 5.56 Å². The molecule has 0 atom stereocenters. The van der Waals surface area contributed by atoms with Crippen molar-refractivity contribution in [3.05, 3.63) is 44.7 Å². The molecule has 1 aromatic carbocycles. The van der Waals surface area contributed by atoms with Crippen molar-refractivity contribution in [2.75, 3.05) is 0 Å². The van der Waals surface area contributed by atoms with E-state index in [9.17, 15) is 9.59 Å². The standard InChI is InChI=1S/C12H11BrN2O3/c1-15-12(18)9(6-10(16)17)11(14-15)7-2-4-8(13)5-3-7/h2-5,14H,6H2,1H3,(H,16,17). The van der Waals surface area contributed by atoms with Gasteiger partial charge in [0, 0.05) is 11.5 Å². The summed E-state index contributed by atoms with van der Waals surface area (Å²) in [6.45, 7) is 0. The quantitative estimate of drug-likeness (QED) is 0.907. The van der Waals surface area contributed by atoms with Crippen LogP contribution in [0.4, 0.5) is 0 Å². The molecule has 5 nitrogen and oxygen atoms in total. The van der Waals surface area contributed by atoms with Gasteiger partial charge in [-0.3, -0.25) is 19.4 Å². The molecule has 0 saturated carbocycles. The Morgan fingerprint density at radius 1 is 1.39 bits per heavy atom. The van der Waals surface area contributed by atoms with Crippen molar-refractivity contribution < 1.29 is 9.90 Å². The Morgan fingerprint density at radius 3 is 2.56 bits per heavy atom. The average Bonchev–Trinajstić information content (AvgIpc) is 2.58. The number of nitrogens with one attached hydrogen (secondary N) is 1. The van der Waals surface area contributed by atoms with E-state index >= 15 is 0 Å². The highest BCUT2D eigenvalue weighted by molar-refractivity contribution is 9.10. The Kier molecular flexibility index (Phi) is 3.38. The Balaban J connectivity index is 2.56. The van der Waals surface area contributed by atoms with Gasteiger partial charge < -0.3 is 5.11 Å². The maximum Gasteiger partial charge on any atom is 0.308 e. The van der Waals surface area contributed by atoms with E-state index in [-0.39, 0.29) is 17.5 Å². The van der Waals surface area contributed by atoms with Crippen LogP contribution in [0, 0.1) is 0 Å². The number of rotatable bonds is 3. The highest BCUT2D eigenvalue weighted by atomic mass is 79.9. The second kappa shape index (κ2) is 4.81. The maximum absolute atomic E-state index is 11.8. The van der Waals surface area contributed by atoms with Crippen LogP contribution in [-0.2, 0) is 18.3 Å². The van der Waals surface area contributed by atoms with E-state index in [4.69, 9.17) is 5.11 Å². The fourth-order valence-electron chi connectivity index (χ4n) is 1.77. The van der Waals surface area contributed by atoms with Gasteiger partial charge in [-0.25, -0.2) is 0 Å². The lowest BCUT2D eigenvalue weighted by Gasteiger charge is -2.01. The number of benzene rings is 1. The summed E-state index contributed by atoms with van der Waals surface area (Å²) in [5.74, 6) is -1.02. The van der Waals surface area contributed by atoms with Gasteiger partial charge in [0.15, 0.2) is 0 Å². The molecule has 6 heteroatoms. The van der Waals surface area contributed by atoms with Crippen molar-refractivity contribution in [3.8, 4) is 11.3 Å². The number of carboxylic acids is 1. The van der Waals surface area contributed by atoms with Gasteiger partial charge in [0.25, 0.3) is 5.56 Å². The predicted octanol–water partition coefficient (Wildman–Crippen LogP) is 1.77. The van der Waals surface area contributed by atoms with E-state index in [0.29, 0.717) is 5.69 Å². The van der Waals surface area contributed by atoms with Gasteiger partial charge in [0.2, 0.25) is 0 Å². The number of carbonyl (C=O) groups is 1.